The first-order valence-electron chi connectivity index (χ1n) is 8.63. The molecule has 0 amide bonds. The summed E-state index contributed by atoms with van der Waals surface area (Å²) in [4.78, 5) is 2.31. The third-order valence-electron chi connectivity index (χ3n) is 4.60. The number of nitrogens with zero attached hydrogens (tertiary/aromatic N) is 3. The van der Waals surface area contributed by atoms with Gasteiger partial charge in [-0.1, -0.05) is 18.2 Å². The summed E-state index contributed by atoms with van der Waals surface area (Å²) in [6.07, 6.45) is 3.13. The number of aromatic nitrogens is 2. The fourth-order valence-electron chi connectivity index (χ4n) is 3.41. The second kappa shape index (κ2) is 6.85. The molecule has 3 rings (SSSR count). The minimum absolute atomic E-state index is 0.318. The minimum Gasteiger partial charge on any atom is -0.392 e. The maximum Gasteiger partial charge on any atom is 0.0804 e. The van der Waals surface area contributed by atoms with Crippen molar-refractivity contribution < 1.29 is 5.11 Å². The highest BCUT2D eigenvalue weighted by atomic mass is 16.3. The first-order valence-corrected chi connectivity index (χ1v) is 8.63. The molecule has 1 heterocycles. The van der Waals surface area contributed by atoms with E-state index in [1.165, 1.54) is 23.4 Å². The van der Waals surface area contributed by atoms with Crippen LogP contribution in [-0.2, 0) is 19.4 Å². The van der Waals surface area contributed by atoms with Gasteiger partial charge >= 0.3 is 0 Å². The largest absolute Gasteiger partial charge is 0.392 e. The monoisotopic (exact) mass is 313 g/mol. The van der Waals surface area contributed by atoms with E-state index in [0.29, 0.717) is 12.6 Å². The smallest absolute Gasteiger partial charge is 0.0804 e. The number of fused-ring (bicyclic) bond motifs is 1. The van der Waals surface area contributed by atoms with Crippen molar-refractivity contribution >= 4 is 0 Å². The Labute approximate surface area is 138 Å². The van der Waals surface area contributed by atoms with Crippen LogP contribution in [0.5, 0.6) is 0 Å². The molecule has 1 atom stereocenters. The Kier molecular flexibility index (Phi) is 4.83. The molecule has 1 aliphatic rings. The highest BCUT2D eigenvalue weighted by Crippen LogP contribution is 2.28. The summed E-state index contributed by atoms with van der Waals surface area (Å²) < 4.78 is 2.12. The third-order valence-corrected chi connectivity index (χ3v) is 4.60. The molecule has 124 valence electrons. The molecule has 0 spiro atoms. The van der Waals surface area contributed by atoms with E-state index in [-0.39, 0.29) is 6.10 Å². The van der Waals surface area contributed by atoms with E-state index in [1.54, 1.807) is 0 Å². The summed E-state index contributed by atoms with van der Waals surface area (Å²) in [5.41, 5.74) is 5.11. The van der Waals surface area contributed by atoms with Crippen molar-refractivity contribution in [2.75, 3.05) is 6.54 Å². The lowest BCUT2D eigenvalue weighted by Crippen LogP contribution is -2.36. The maximum absolute atomic E-state index is 9.76. The molecule has 2 aromatic rings. The molecule has 0 bridgehead atoms. The van der Waals surface area contributed by atoms with Crippen molar-refractivity contribution in [2.24, 2.45) is 0 Å². The summed E-state index contributed by atoms with van der Waals surface area (Å²) in [5, 5.41) is 14.7. The molecular weight excluding hydrogens is 286 g/mol. The second-order valence-corrected chi connectivity index (χ2v) is 6.85. The number of aliphatic hydroxyl groups excluding tert-OH is 1. The normalized spacial score (nSPS) is 15.4. The molecule has 0 saturated carbocycles. The van der Waals surface area contributed by atoms with Gasteiger partial charge in [0.15, 0.2) is 0 Å². The van der Waals surface area contributed by atoms with Gasteiger partial charge in [-0.05, 0) is 57.7 Å². The Hall–Kier alpha value is -1.65. The van der Waals surface area contributed by atoms with Crippen LogP contribution in [0.1, 0.15) is 44.1 Å². The molecule has 1 aliphatic carbocycles. The van der Waals surface area contributed by atoms with Gasteiger partial charge < -0.3 is 5.11 Å². The highest BCUT2D eigenvalue weighted by molar-refractivity contribution is 5.39. The SMILES string of the molecule is CC(O)CN(Cc1nn(-c2ccccc2)c2c1CCC2)C(C)C. The first-order chi connectivity index (χ1) is 11.1. The van der Waals surface area contributed by atoms with Gasteiger partial charge in [0, 0.05) is 24.8 Å². The summed E-state index contributed by atoms with van der Waals surface area (Å²) in [5.74, 6) is 0. The predicted octanol–water partition coefficient (Wildman–Crippen LogP) is 2.95. The van der Waals surface area contributed by atoms with Gasteiger partial charge in [-0.2, -0.15) is 5.10 Å². The summed E-state index contributed by atoms with van der Waals surface area (Å²) in [6.45, 7) is 7.70. The molecule has 1 unspecified atom stereocenters. The number of para-hydroxylation sites is 1. The predicted molar refractivity (Wildman–Crippen MR) is 92.8 cm³/mol. The lowest BCUT2D eigenvalue weighted by atomic mass is 10.1. The van der Waals surface area contributed by atoms with Crippen LogP contribution in [0.15, 0.2) is 30.3 Å². The van der Waals surface area contributed by atoms with Gasteiger partial charge in [0.1, 0.15) is 0 Å². The van der Waals surface area contributed by atoms with Gasteiger partial charge in [0.05, 0.1) is 17.5 Å². The number of hydrogen-bond donors (Lipinski definition) is 1. The Balaban J connectivity index is 1.91. The summed E-state index contributed by atoms with van der Waals surface area (Å²) in [6, 6.07) is 10.8. The van der Waals surface area contributed by atoms with E-state index >= 15 is 0 Å². The van der Waals surface area contributed by atoms with E-state index in [0.717, 1.165) is 25.1 Å². The van der Waals surface area contributed by atoms with E-state index in [9.17, 15) is 5.11 Å². The Morgan fingerprint density at radius 3 is 2.57 bits per heavy atom. The zero-order valence-electron chi connectivity index (χ0n) is 14.4. The van der Waals surface area contributed by atoms with Crippen molar-refractivity contribution in [1.29, 1.82) is 0 Å². The molecule has 23 heavy (non-hydrogen) atoms. The van der Waals surface area contributed by atoms with Gasteiger partial charge in [0.25, 0.3) is 0 Å². The summed E-state index contributed by atoms with van der Waals surface area (Å²) >= 11 is 0. The number of aliphatic hydroxyl groups is 1. The molecule has 4 heteroatoms. The van der Waals surface area contributed by atoms with E-state index in [1.807, 2.05) is 13.0 Å². The molecule has 0 aliphatic heterocycles. The Bertz CT molecular complexity index is 646. The van der Waals surface area contributed by atoms with Crippen molar-refractivity contribution in [1.82, 2.24) is 14.7 Å². The first kappa shape index (κ1) is 16.2. The van der Waals surface area contributed by atoms with Crippen molar-refractivity contribution in [3.05, 3.63) is 47.3 Å². The number of hydrogen-bond acceptors (Lipinski definition) is 3. The average Bonchev–Trinajstić information content (AvgIpc) is 3.10. The zero-order valence-corrected chi connectivity index (χ0v) is 14.4. The fourth-order valence-corrected chi connectivity index (χ4v) is 3.41. The fraction of sp³-hybridized carbons (Fsp3) is 0.526. The minimum atomic E-state index is -0.318. The van der Waals surface area contributed by atoms with Crippen LogP contribution >= 0.6 is 0 Å². The second-order valence-electron chi connectivity index (χ2n) is 6.85. The van der Waals surface area contributed by atoms with Crippen molar-refractivity contribution in [3.8, 4) is 5.69 Å². The molecule has 1 N–H and O–H groups in total. The van der Waals surface area contributed by atoms with Crippen LogP contribution in [0.4, 0.5) is 0 Å². The molecule has 1 aromatic heterocycles. The Morgan fingerprint density at radius 1 is 1.17 bits per heavy atom. The lowest BCUT2D eigenvalue weighted by Gasteiger charge is -2.27. The quantitative estimate of drug-likeness (QED) is 0.891. The van der Waals surface area contributed by atoms with Crippen molar-refractivity contribution in [2.45, 2.75) is 58.7 Å². The molecule has 0 saturated heterocycles. The van der Waals surface area contributed by atoms with Crippen LogP contribution in [0, 0.1) is 0 Å². The highest BCUT2D eigenvalue weighted by Gasteiger charge is 2.25. The molecular formula is C19H27N3O. The van der Waals surface area contributed by atoms with Crippen molar-refractivity contribution in [3.63, 3.8) is 0 Å². The maximum atomic E-state index is 9.76. The van der Waals surface area contributed by atoms with Gasteiger partial charge in [-0.25, -0.2) is 4.68 Å². The van der Waals surface area contributed by atoms with Gasteiger partial charge in [-0.3, -0.25) is 4.90 Å². The van der Waals surface area contributed by atoms with E-state index in [2.05, 4.69) is 47.7 Å². The van der Waals surface area contributed by atoms with Crippen LogP contribution in [0.25, 0.3) is 5.69 Å². The molecule has 4 nitrogen and oxygen atoms in total. The Morgan fingerprint density at radius 2 is 1.91 bits per heavy atom. The topological polar surface area (TPSA) is 41.3 Å². The molecule has 0 fully saturated rings. The standard InChI is InChI=1S/C19H27N3O/c1-14(2)21(12-15(3)23)13-18-17-10-7-11-19(17)22(20-18)16-8-5-4-6-9-16/h4-6,8-9,14-15,23H,7,10-13H2,1-3H3. The van der Waals surface area contributed by atoms with Gasteiger partial charge in [0.2, 0.25) is 0 Å². The van der Waals surface area contributed by atoms with Gasteiger partial charge in [-0.15, -0.1) is 0 Å². The van der Waals surface area contributed by atoms with E-state index < -0.39 is 0 Å². The zero-order chi connectivity index (χ0) is 16.4. The van der Waals surface area contributed by atoms with Crippen LogP contribution in [0.3, 0.4) is 0 Å². The molecule has 0 radical (unpaired) electrons. The third kappa shape index (κ3) is 3.48. The summed E-state index contributed by atoms with van der Waals surface area (Å²) in [7, 11) is 0. The lowest BCUT2D eigenvalue weighted by molar-refractivity contribution is 0.101. The van der Waals surface area contributed by atoms with Crippen LogP contribution in [-0.4, -0.2) is 38.5 Å². The van der Waals surface area contributed by atoms with E-state index in [4.69, 9.17) is 5.10 Å². The van der Waals surface area contributed by atoms with Crippen LogP contribution < -0.4 is 0 Å². The molecule has 1 aromatic carbocycles. The number of benzene rings is 1. The van der Waals surface area contributed by atoms with Crippen LogP contribution in [0.2, 0.25) is 0 Å². The average molecular weight is 313 g/mol. The number of rotatable bonds is 6.